The van der Waals surface area contributed by atoms with Gasteiger partial charge in [-0.05, 0) is 25.7 Å². The Morgan fingerprint density at radius 3 is 2.43 bits per heavy atom. The van der Waals surface area contributed by atoms with Gasteiger partial charge in [-0.3, -0.25) is 0 Å². The van der Waals surface area contributed by atoms with Crippen LogP contribution in [0.15, 0.2) is 0 Å². The summed E-state index contributed by atoms with van der Waals surface area (Å²) in [7, 11) is 0. The van der Waals surface area contributed by atoms with Crippen LogP contribution in [0.3, 0.4) is 0 Å². The zero-order valence-electron chi connectivity index (χ0n) is 9.35. The molecule has 1 heterocycles. The average Bonchev–Trinajstić information content (AvgIpc) is 2.45. The summed E-state index contributed by atoms with van der Waals surface area (Å²) < 4.78 is 0. The lowest BCUT2D eigenvalue weighted by atomic mass is 9.86. The summed E-state index contributed by atoms with van der Waals surface area (Å²) in [6.45, 7) is 8.61. The molecule has 80 valence electrons. The van der Waals surface area contributed by atoms with E-state index < -0.39 is 0 Å². The Hall–Kier alpha value is -0.0800. The second-order valence-electron chi connectivity index (χ2n) is 4.22. The van der Waals surface area contributed by atoms with Crippen molar-refractivity contribution in [1.29, 1.82) is 0 Å². The van der Waals surface area contributed by atoms with Gasteiger partial charge in [-0.2, -0.15) is 0 Å². The van der Waals surface area contributed by atoms with Crippen molar-refractivity contribution in [1.82, 2.24) is 4.98 Å². The molecule has 1 rings (SSSR count). The Balaban J connectivity index is 2.77. The molecule has 1 aromatic rings. The summed E-state index contributed by atoms with van der Waals surface area (Å²) >= 11 is 7.78. The van der Waals surface area contributed by atoms with Crippen molar-refractivity contribution < 1.29 is 0 Å². The number of thiazole rings is 1. The minimum absolute atomic E-state index is 0.207. The van der Waals surface area contributed by atoms with Crippen LogP contribution in [0.1, 0.15) is 35.8 Å². The highest BCUT2D eigenvalue weighted by Gasteiger charge is 2.23. The third-order valence-electron chi connectivity index (χ3n) is 2.83. The molecule has 1 nitrogen and oxygen atoms in total. The van der Waals surface area contributed by atoms with Crippen molar-refractivity contribution in [2.45, 2.75) is 40.5 Å². The molecule has 0 saturated heterocycles. The van der Waals surface area contributed by atoms with E-state index in [-0.39, 0.29) is 5.41 Å². The van der Waals surface area contributed by atoms with Crippen LogP contribution >= 0.6 is 22.9 Å². The molecular formula is C11H18ClNS. The fourth-order valence-corrected chi connectivity index (χ4v) is 2.68. The maximum atomic E-state index is 5.98. The third-order valence-corrected chi connectivity index (χ3v) is 4.55. The fourth-order valence-electron chi connectivity index (χ4n) is 1.25. The quantitative estimate of drug-likeness (QED) is 0.715. The normalized spacial score (nSPS) is 15.5. The molecule has 0 bridgehead atoms. The van der Waals surface area contributed by atoms with Crippen LogP contribution in [-0.4, -0.2) is 10.9 Å². The zero-order chi connectivity index (χ0) is 10.8. The molecule has 3 heteroatoms. The van der Waals surface area contributed by atoms with Gasteiger partial charge in [0, 0.05) is 17.2 Å². The van der Waals surface area contributed by atoms with Crippen molar-refractivity contribution in [3.8, 4) is 0 Å². The molecule has 14 heavy (non-hydrogen) atoms. The van der Waals surface area contributed by atoms with Gasteiger partial charge in [0.15, 0.2) is 0 Å². The maximum Gasteiger partial charge on any atom is 0.0936 e. The van der Waals surface area contributed by atoms with E-state index >= 15 is 0 Å². The van der Waals surface area contributed by atoms with E-state index in [4.69, 9.17) is 11.6 Å². The van der Waals surface area contributed by atoms with E-state index in [1.165, 1.54) is 9.88 Å². The number of hydrogen-bond acceptors (Lipinski definition) is 2. The Labute approximate surface area is 95.5 Å². The van der Waals surface area contributed by atoms with Gasteiger partial charge in [-0.25, -0.2) is 4.98 Å². The molecule has 0 amide bonds. The van der Waals surface area contributed by atoms with Gasteiger partial charge in [0.25, 0.3) is 0 Å². The number of nitrogens with zero attached hydrogens (tertiary/aromatic N) is 1. The van der Waals surface area contributed by atoms with E-state index in [0.29, 0.717) is 5.88 Å². The summed E-state index contributed by atoms with van der Waals surface area (Å²) in [5.41, 5.74) is 1.37. The van der Waals surface area contributed by atoms with E-state index in [1.807, 2.05) is 0 Å². The molecule has 1 atom stereocenters. The predicted octanol–water partition coefficient (Wildman–Crippen LogP) is 3.96. The Morgan fingerprint density at radius 1 is 1.43 bits per heavy atom. The Bertz CT molecular complexity index is 283. The van der Waals surface area contributed by atoms with Crippen molar-refractivity contribution in [2.75, 3.05) is 5.88 Å². The second kappa shape index (κ2) is 4.63. The minimum Gasteiger partial charge on any atom is -0.246 e. The van der Waals surface area contributed by atoms with Gasteiger partial charge >= 0.3 is 0 Å². The van der Waals surface area contributed by atoms with Gasteiger partial charge in [0.2, 0.25) is 0 Å². The molecule has 0 N–H and O–H groups in total. The van der Waals surface area contributed by atoms with E-state index in [9.17, 15) is 0 Å². The van der Waals surface area contributed by atoms with Gasteiger partial charge in [-0.1, -0.05) is 13.8 Å². The number of alkyl halides is 1. The second-order valence-corrected chi connectivity index (χ2v) is 5.78. The molecule has 0 saturated carbocycles. The van der Waals surface area contributed by atoms with Crippen molar-refractivity contribution in [3.05, 3.63) is 15.6 Å². The number of aryl methyl sites for hydroxylation is 2. The molecule has 0 radical (unpaired) electrons. The topological polar surface area (TPSA) is 12.9 Å². The molecule has 0 aromatic carbocycles. The smallest absolute Gasteiger partial charge is 0.0936 e. The zero-order valence-corrected chi connectivity index (χ0v) is 10.9. The first-order valence-electron chi connectivity index (χ1n) is 4.99. The van der Waals surface area contributed by atoms with Crippen LogP contribution in [-0.2, 0) is 6.42 Å². The number of rotatable bonds is 4. The van der Waals surface area contributed by atoms with Crippen LogP contribution in [0, 0.1) is 19.3 Å². The van der Waals surface area contributed by atoms with Crippen LogP contribution in [0.5, 0.6) is 0 Å². The summed E-state index contributed by atoms with van der Waals surface area (Å²) in [4.78, 5) is 5.88. The van der Waals surface area contributed by atoms with E-state index in [1.54, 1.807) is 11.3 Å². The van der Waals surface area contributed by atoms with Crippen molar-refractivity contribution >= 4 is 22.9 Å². The molecule has 0 spiro atoms. The van der Waals surface area contributed by atoms with Gasteiger partial charge < -0.3 is 0 Å². The van der Waals surface area contributed by atoms with Crippen LogP contribution in [0.4, 0.5) is 0 Å². The highest BCUT2D eigenvalue weighted by atomic mass is 35.5. The number of aromatic nitrogens is 1. The predicted molar refractivity (Wildman–Crippen MR) is 64.4 cm³/mol. The Kier molecular flexibility index (Phi) is 3.96. The molecule has 0 fully saturated rings. The van der Waals surface area contributed by atoms with Gasteiger partial charge in [0.1, 0.15) is 0 Å². The molecule has 1 aromatic heterocycles. The van der Waals surface area contributed by atoms with Crippen LogP contribution in [0.25, 0.3) is 0 Å². The highest BCUT2D eigenvalue weighted by Crippen LogP contribution is 2.30. The monoisotopic (exact) mass is 231 g/mol. The van der Waals surface area contributed by atoms with Crippen molar-refractivity contribution in [2.24, 2.45) is 5.41 Å². The SMILES string of the molecule is CCC(C)(CCl)Cc1nc(C)c(C)s1. The lowest BCUT2D eigenvalue weighted by Crippen LogP contribution is -2.20. The first-order chi connectivity index (χ1) is 6.50. The Morgan fingerprint density at radius 2 is 2.07 bits per heavy atom. The van der Waals surface area contributed by atoms with E-state index in [0.717, 1.165) is 18.5 Å². The lowest BCUT2D eigenvalue weighted by Gasteiger charge is -2.23. The lowest BCUT2D eigenvalue weighted by molar-refractivity contribution is 0.355. The maximum absolute atomic E-state index is 5.98. The highest BCUT2D eigenvalue weighted by molar-refractivity contribution is 7.11. The molecule has 1 unspecified atom stereocenters. The van der Waals surface area contributed by atoms with Crippen LogP contribution in [0.2, 0.25) is 0 Å². The van der Waals surface area contributed by atoms with Gasteiger partial charge in [-0.15, -0.1) is 22.9 Å². The molecule has 0 aliphatic carbocycles. The molecule has 0 aliphatic heterocycles. The minimum atomic E-state index is 0.207. The van der Waals surface area contributed by atoms with Crippen molar-refractivity contribution in [3.63, 3.8) is 0 Å². The summed E-state index contributed by atoms with van der Waals surface area (Å²) in [5, 5.41) is 1.23. The largest absolute Gasteiger partial charge is 0.246 e. The summed E-state index contributed by atoms with van der Waals surface area (Å²) in [5.74, 6) is 0.709. The average molecular weight is 232 g/mol. The van der Waals surface area contributed by atoms with Crippen LogP contribution < -0.4 is 0 Å². The third kappa shape index (κ3) is 2.71. The molecular weight excluding hydrogens is 214 g/mol. The van der Waals surface area contributed by atoms with E-state index in [2.05, 4.69) is 32.7 Å². The summed E-state index contributed by atoms with van der Waals surface area (Å²) in [6, 6.07) is 0. The first-order valence-corrected chi connectivity index (χ1v) is 6.35. The standard InChI is InChI=1S/C11H18ClNS/c1-5-11(4,7-12)6-10-13-8(2)9(3)14-10/h5-7H2,1-4H3. The fraction of sp³-hybridized carbons (Fsp3) is 0.727. The first kappa shape index (κ1) is 12.0. The molecule has 0 aliphatic rings. The number of hydrogen-bond donors (Lipinski definition) is 0. The van der Waals surface area contributed by atoms with Gasteiger partial charge in [0.05, 0.1) is 10.7 Å². The number of halogens is 1. The summed E-state index contributed by atoms with van der Waals surface area (Å²) in [6.07, 6.45) is 2.11.